The zero-order chi connectivity index (χ0) is 13.8. The smallest absolute Gasteiger partial charge is 0.183 e. The van der Waals surface area contributed by atoms with Gasteiger partial charge >= 0.3 is 0 Å². The van der Waals surface area contributed by atoms with Crippen molar-refractivity contribution in [3.63, 3.8) is 0 Å². The van der Waals surface area contributed by atoms with Crippen LogP contribution in [0, 0.1) is 23.0 Å². The molecule has 5 heteroatoms. The molecule has 0 saturated heterocycles. The van der Waals surface area contributed by atoms with Gasteiger partial charge in [-0.15, -0.1) is 0 Å². The van der Waals surface area contributed by atoms with Crippen LogP contribution in [0.2, 0.25) is 5.02 Å². The van der Waals surface area contributed by atoms with Crippen LogP contribution in [-0.2, 0) is 6.54 Å². The summed E-state index contributed by atoms with van der Waals surface area (Å²) in [5.74, 6) is -2.21. The van der Waals surface area contributed by atoms with Gasteiger partial charge in [-0.1, -0.05) is 29.8 Å². The number of nitrogens with zero attached hydrogens (tertiary/aromatic N) is 1. The van der Waals surface area contributed by atoms with Crippen LogP contribution in [0.5, 0.6) is 0 Å². The predicted octanol–water partition coefficient (Wildman–Crippen LogP) is 4.10. The summed E-state index contributed by atoms with van der Waals surface area (Å²) in [6.45, 7) is 0.266. The molecule has 19 heavy (non-hydrogen) atoms. The maximum atomic E-state index is 13.6. The Balaban J connectivity index is 2.20. The fourth-order valence-corrected chi connectivity index (χ4v) is 1.81. The summed E-state index contributed by atoms with van der Waals surface area (Å²) in [7, 11) is 0. The van der Waals surface area contributed by atoms with Gasteiger partial charge in [0, 0.05) is 11.6 Å². The Kier molecular flexibility index (Phi) is 3.98. The van der Waals surface area contributed by atoms with E-state index in [0.717, 1.165) is 5.56 Å². The monoisotopic (exact) mass is 278 g/mol. The van der Waals surface area contributed by atoms with Crippen LogP contribution in [0.3, 0.4) is 0 Å². The predicted molar refractivity (Wildman–Crippen MR) is 69.9 cm³/mol. The van der Waals surface area contributed by atoms with Crippen LogP contribution < -0.4 is 5.32 Å². The van der Waals surface area contributed by atoms with E-state index in [-0.39, 0.29) is 17.8 Å². The fraction of sp³-hybridized carbons (Fsp3) is 0.0714. The quantitative estimate of drug-likeness (QED) is 0.917. The molecule has 0 atom stereocenters. The number of hydrogen-bond acceptors (Lipinski definition) is 2. The molecule has 0 aromatic heterocycles. The molecule has 0 spiro atoms. The van der Waals surface area contributed by atoms with Crippen molar-refractivity contribution in [2.24, 2.45) is 0 Å². The van der Waals surface area contributed by atoms with Gasteiger partial charge in [0.2, 0.25) is 0 Å². The minimum atomic E-state index is -1.15. The average molecular weight is 279 g/mol. The lowest BCUT2D eigenvalue weighted by Gasteiger charge is -2.09. The molecule has 0 unspecified atom stereocenters. The summed E-state index contributed by atoms with van der Waals surface area (Å²) in [5, 5.41) is 11.9. The maximum absolute atomic E-state index is 13.6. The first-order valence-corrected chi connectivity index (χ1v) is 5.86. The number of rotatable bonds is 3. The Bertz CT molecular complexity index is 650. The van der Waals surface area contributed by atoms with Crippen LogP contribution >= 0.6 is 11.6 Å². The van der Waals surface area contributed by atoms with Crippen LogP contribution in [0.15, 0.2) is 36.4 Å². The molecular weight excluding hydrogens is 270 g/mol. The lowest BCUT2D eigenvalue weighted by Crippen LogP contribution is -2.04. The Hall–Kier alpha value is -2.12. The Morgan fingerprint density at radius 3 is 2.53 bits per heavy atom. The Morgan fingerprint density at radius 2 is 1.84 bits per heavy atom. The van der Waals surface area contributed by atoms with Crippen molar-refractivity contribution in [1.82, 2.24) is 0 Å². The molecule has 2 aromatic rings. The van der Waals surface area contributed by atoms with Gasteiger partial charge in [0.15, 0.2) is 11.6 Å². The topological polar surface area (TPSA) is 35.8 Å². The lowest BCUT2D eigenvalue weighted by atomic mass is 10.2. The van der Waals surface area contributed by atoms with Crippen molar-refractivity contribution in [3.05, 3.63) is 64.2 Å². The number of anilines is 1. The highest BCUT2D eigenvalue weighted by Crippen LogP contribution is 2.22. The highest BCUT2D eigenvalue weighted by Gasteiger charge is 2.13. The van der Waals surface area contributed by atoms with Crippen LogP contribution in [-0.4, -0.2) is 0 Å². The second kappa shape index (κ2) is 5.68. The normalized spacial score (nSPS) is 10.0. The van der Waals surface area contributed by atoms with Crippen LogP contribution in [0.1, 0.15) is 11.1 Å². The maximum Gasteiger partial charge on any atom is 0.183 e. The van der Waals surface area contributed by atoms with E-state index in [0.29, 0.717) is 5.02 Å². The van der Waals surface area contributed by atoms with E-state index >= 15 is 0 Å². The van der Waals surface area contributed by atoms with E-state index in [4.69, 9.17) is 16.9 Å². The highest BCUT2D eigenvalue weighted by molar-refractivity contribution is 6.31. The summed E-state index contributed by atoms with van der Waals surface area (Å²) in [4.78, 5) is 0. The molecule has 2 aromatic carbocycles. The second-order valence-corrected chi connectivity index (χ2v) is 4.25. The van der Waals surface area contributed by atoms with E-state index in [2.05, 4.69) is 5.32 Å². The molecule has 0 fully saturated rings. The van der Waals surface area contributed by atoms with Crippen molar-refractivity contribution < 1.29 is 8.78 Å². The van der Waals surface area contributed by atoms with Crippen LogP contribution in [0.25, 0.3) is 0 Å². The molecular formula is C14H9ClF2N2. The van der Waals surface area contributed by atoms with Gasteiger partial charge in [0.05, 0.1) is 11.3 Å². The number of benzene rings is 2. The first-order valence-electron chi connectivity index (χ1n) is 5.49. The van der Waals surface area contributed by atoms with Gasteiger partial charge in [0.1, 0.15) is 6.07 Å². The molecule has 96 valence electrons. The summed E-state index contributed by atoms with van der Waals surface area (Å²) < 4.78 is 27.0. The molecule has 0 aliphatic heterocycles. The molecule has 0 heterocycles. The summed E-state index contributed by atoms with van der Waals surface area (Å²) in [6, 6.07) is 11.2. The van der Waals surface area contributed by atoms with Gasteiger partial charge < -0.3 is 5.32 Å². The van der Waals surface area contributed by atoms with E-state index in [1.165, 1.54) is 12.1 Å². The van der Waals surface area contributed by atoms with Crippen molar-refractivity contribution in [1.29, 1.82) is 5.26 Å². The minimum absolute atomic E-state index is 0.00332. The first-order chi connectivity index (χ1) is 9.13. The van der Waals surface area contributed by atoms with E-state index in [9.17, 15) is 8.78 Å². The average Bonchev–Trinajstić information content (AvgIpc) is 2.42. The molecule has 0 bridgehead atoms. The fourth-order valence-electron chi connectivity index (χ4n) is 1.60. The van der Waals surface area contributed by atoms with E-state index in [1.807, 2.05) is 0 Å². The summed E-state index contributed by atoms with van der Waals surface area (Å²) >= 11 is 5.96. The van der Waals surface area contributed by atoms with Crippen molar-refractivity contribution in [2.45, 2.75) is 6.54 Å². The van der Waals surface area contributed by atoms with Crippen molar-refractivity contribution >= 4 is 17.3 Å². The molecule has 0 aliphatic rings. The Morgan fingerprint density at radius 1 is 1.11 bits per heavy atom. The number of halogens is 3. The molecule has 0 amide bonds. The number of nitrogens with one attached hydrogen (secondary N) is 1. The largest absolute Gasteiger partial charge is 0.378 e. The van der Waals surface area contributed by atoms with Gasteiger partial charge in [-0.25, -0.2) is 8.78 Å². The Labute approximate surface area is 114 Å². The standard InChI is InChI=1S/C14H9ClF2N2/c15-11-4-2-1-3-10(11)8-19-12-6-5-9(7-18)13(16)14(12)17/h1-6,19H,8H2. The van der Waals surface area contributed by atoms with Gasteiger partial charge in [-0.3, -0.25) is 0 Å². The van der Waals surface area contributed by atoms with Crippen molar-refractivity contribution in [2.75, 3.05) is 5.32 Å². The zero-order valence-corrected chi connectivity index (χ0v) is 10.5. The van der Waals surface area contributed by atoms with Crippen LogP contribution in [0.4, 0.5) is 14.5 Å². The third-order valence-electron chi connectivity index (χ3n) is 2.63. The molecule has 2 rings (SSSR count). The zero-order valence-electron chi connectivity index (χ0n) is 9.75. The highest BCUT2D eigenvalue weighted by atomic mass is 35.5. The molecule has 1 N–H and O–H groups in total. The van der Waals surface area contributed by atoms with Gasteiger partial charge in [0.25, 0.3) is 0 Å². The first kappa shape index (κ1) is 13.3. The SMILES string of the molecule is N#Cc1ccc(NCc2ccccc2Cl)c(F)c1F. The molecule has 2 nitrogen and oxygen atoms in total. The molecule has 0 saturated carbocycles. The molecule has 0 aliphatic carbocycles. The summed E-state index contributed by atoms with van der Waals surface area (Å²) in [6.07, 6.45) is 0. The molecule has 0 radical (unpaired) electrons. The van der Waals surface area contributed by atoms with E-state index < -0.39 is 11.6 Å². The van der Waals surface area contributed by atoms with Gasteiger partial charge in [-0.2, -0.15) is 5.26 Å². The van der Waals surface area contributed by atoms with Gasteiger partial charge in [-0.05, 0) is 23.8 Å². The minimum Gasteiger partial charge on any atom is -0.378 e. The van der Waals surface area contributed by atoms with E-state index in [1.54, 1.807) is 30.3 Å². The second-order valence-electron chi connectivity index (χ2n) is 3.85. The third-order valence-corrected chi connectivity index (χ3v) is 3.00. The summed E-state index contributed by atoms with van der Waals surface area (Å²) in [5.41, 5.74) is 0.450. The van der Waals surface area contributed by atoms with Crippen molar-refractivity contribution in [3.8, 4) is 6.07 Å². The number of hydrogen-bond donors (Lipinski definition) is 1. The third kappa shape index (κ3) is 2.83. The number of nitriles is 1. The lowest BCUT2D eigenvalue weighted by molar-refractivity contribution is 0.508.